The number of hydrogen-bond donors (Lipinski definition) is 2. The molecule has 2 aromatic carbocycles. The van der Waals surface area contributed by atoms with Gasteiger partial charge in [0.05, 0.1) is 21.6 Å². The molecule has 2 rings (SSSR count). The zero-order chi connectivity index (χ0) is 18.6. The molecule has 0 aliphatic carbocycles. The van der Waals surface area contributed by atoms with Crippen LogP contribution in [0.1, 0.15) is 25.3 Å². The van der Waals surface area contributed by atoms with E-state index in [0.29, 0.717) is 16.1 Å². The second-order valence-corrected chi connectivity index (χ2v) is 8.81. The molecule has 0 fully saturated rings. The van der Waals surface area contributed by atoms with E-state index in [2.05, 4.69) is 40.4 Å². The lowest BCUT2D eigenvalue weighted by Gasteiger charge is -2.15. The molecule has 0 saturated heterocycles. The number of rotatable bonds is 6. The van der Waals surface area contributed by atoms with Gasteiger partial charge in [0.25, 0.3) is 0 Å². The van der Waals surface area contributed by atoms with Crippen molar-refractivity contribution >= 4 is 43.0 Å². The van der Waals surface area contributed by atoms with Gasteiger partial charge in [0, 0.05) is 11.9 Å². The van der Waals surface area contributed by atoms with Gasteiger partial charge in [-0.3, -0.25) is 4.79 Å². The highest BCUT2D eigenvalue weighted by molar-refractivity contribution is 9.10. The predicted molar refractivity (Wildman–Crippen MR) is 105 cm³/mol. The highest BCUT2D eigenvalue weighted by atomic mass is 79.9. The number of amides is 1. The third-order valence-corrected chi connectivity index (χ3v) is 5.91. The van der Waals surface area contributed by atoms with E-state index in [4.69, 9.17) is 0 Å². The standard InChI is InChI=1S/C18H21BrN2O3S/c1-12(2)13-7-4-5-8-14(13)21-17(22)11-20-15-9-6-10-16(18(15)19)25(3,23)24/h4-10,12,20H,11H2,1-3H3,(H,21,22). The van der Waals surface area contributed by atoms with Crippen LogP contribution in [-0.4, -0.2) is 27.1 Å². The Morgan fingerprint density at radius 1 is 1.08 bits per heavy atom. The number of carbonyl (C=O) groups is 1. The van der Waals surface area contributed by atoms with Crippen LogP contribution in [0.3, 0.4) is 0 Å². The first-order chi connectivity index (χ1) is 11.7. The van der Waals surface area contributed by atoms with Gasteiger partial charge in [-0.25, -0.2) is 8.42 Å². The van der Waals surface area contributed by atoms with Crippen molar-refractivity contribution in [2.75, 3.05) is 23.4 Å². The van der Waals surface area contributed by atoms with Crippen LogP contribution in [0.15, 0.2) is 51.8 Å². The first-order valence-corrected chi connectivity index (χ1v) is 10.5. The highest BCUT2D eigenvalue weighted by Crippen LogP contribution is 2.29. The zero-order valence-electron chi connectivity index (χ0n) is 14.3. The molecule has 2 N–H and O–H groups in total. The molecule has 0 unspecified atom stereocenters. The molecule has 5 nitrogen and oxygen atoms in total. The summed E-state index contributed by atoms with van der Waals surface area (Å²) in [5, 5.41) is 5.86. The number of anilines is 2. The Morgan fingerprint density at radius 3 is 2.36 bits per heavy atom. The number of halogens is 1. The molecule has 0 saturated carbocycles. The molecule has 0 radical (unpaired) electrons. The average molecular weight is 425 g/mol. The predicted octanol–water partition coefficient (Wildman–Crippen LogP) is 4.03. The SMILES string of the molecule is CC(C)c1ccccc1NC(=O)CNc1cccc(S(C)(=O)=O)c1Br. The van der Waals surface area contributed by atoms with Gasteiger partial charge >= 0.3 is 0 Å². The molecule has 0 aromatic heterocycles. The molecule has 134 valence electrons. The summed E-state index contributed by atoms with van der Waals surface area (Å²) in [7, 11) is -3.35. The molecular weight excluding hydrogens is 404 g/mol. The van der Waals surface area contributed by atoms with Gasteiger partial charge in [-0.2, -0.15) is 0 Å². The average Bonchev–Trinajstić information content (AvgIpc) is 2.53. The quantitative estimate of drug-likeness (QED) is 0.733. The number of para-hydroxylation sites is 1. The van der Waals surface area contributed by atoms with Crippen LogP contribution < -0.4 is 10.6 Å². The van der Waals surface area contributed by atoms with Gasteiger partial charge in [-0.05, 0) is 45.6 Å². The van der Waals surface area contributed by atoms with Crippen molar-refractivity contribution in [1.82, 2.24) is 0 Å². The van der Waals surface area contributed by atoms with Crippen LogP contribution in [0, 0.1) is 0 Å². The lowest BCUT2D eigenvalue weighted by molar-refractivity contribution is -0.114. The molecule has 1 amide bonds. The van der Waals surface area contributed by atoms with Crippen molar-refractivity contribution in [3.05, 3.63) is 52.5 Å². The summed E-state index contributed by atoms with van der Waals surface area (Å²) in [4.78, 5) is 12.4. The van der Waals surface area contributed by atoms with Crippen LogP contribution in [0.5, 0.6) is 0 Å². The van der Waals surface area contributed by atoms with E-state index in [9.17, 15) is 13.2 Å². The number of nitrogens with one attached hydrogen (secondary N) is 2. The Morgan fingerprint density at radius 2 is 1.72 bits per heavy atom. The lowest BCUT2D eigenvalue weighted by Crippen LogP contribution is -2.22. The summed E-state index contributed by atoms with van der Waals surface area (Å²) in [5.74, 6) is 0.0924. The van der Waals surface area contributed by atoms with E-state index in [-0.39, 0.29) is 17.3 Å². The molecule has 0 spiro atoms. The lowest BCUT2D eigenvalue weighted by atomic mass is 10.0. The second-order valence-electron chi connectivity index (χ2n) is 6.03. The van der Waals surface area contributed by atoms with Crippen LogP contribution in [0.25, 0.3) is 0 Å². The molecule has 25 heavy (non-hydrogen) atoms. The molecule has 0 aliphatic rings. The fraction of sp³-hybridized carbons (Fsp3) is 0.278. The first kappa shape index (κ1) is 19.5. The van der Waals surface area contributed by atoms with Crippen molar-refractivity contribution < 1.29 is 13.2 Å². The van der Waals surface area contributed by atoms with E-state index in [1.54, 1.807) is 12.1 Å². The molecule has 0 heterocycles. The Bertz CT molecular complexity index is 880. The minimum absolute atomic E-state index is 0.0260. The van der Waals surface area contributed by atoms with Crippen LogP contribution in [-0.2, 0) is 14.6 Å². The maximum absolute atomic E-state index is 12.2. The maximum Gasteiger partial charge on any atom is 0.243 e. The second kappa shape index (κ2) is 8.01. The topological polar surface area (TPSA) is 75.3 Å². The number of sulfone groups is 1. The van der Waals surface area contributed by atoms with E-state index >= 15 is 0 Å². The molecule has 2 aromatic rings. The van der Waals surface area contributed by atoms with E-state index in [1.165, 1.54) is 6.07 Å². The Kier molecular flexibility index (Phi) is 6.24. The minimum Gasteiger partial charge on any atom is -0.375 e. The third kappa shape index (κ3) is 5.06. The molecule has 0 bridgehead atoms. The van der Waals surface area contributed by atoms with Gasteiger partial charge in [0.1, 0.15) is 0 Å². The van der Waals surface area contributed by atoms with Crippen molar-refractivity contribution in [3.8, 4) is 0 Å². The minimum atomic E-state index is -3.35. The largest absolute Gasteiger partial charge is 0.375 e. The van der Waals surface area contributed by atoms with Gasteiger partial charge in [0.2, 0.25) is 5.91 Å². The van der Waals surface area contributed by atoms with Gasteiger partial charge in [-0.15, -0.1) is 0 Å². The summed E-state index contributed by atoms with van der Waals surface area (Å²) >= 11 is 3.29. The van der Waals surface area contributed by atoms with Gasteiger partial charge < -0.3 is 10.6 Å². The molecule has 7 heteroatoms. The summed E-state index contributed by atoms with van der Waals surface area (Å²) in [5.41, 5.74) is 2.40. The van der Waals surface area contributed by atoms with Crippen molar-refractivity contribution in [2.45, 2.75) is 24.7 Å². The Hall–Kier alpha value is -1.86. The van der Waals surface area contributed by atoms with Gasteiger partial charge in [-0.1, -0.05) is 38.1 Å². The Labute approximate surface area is 156 Å². The van der Waals surface area contributed by atoms with Crippen molar-refractivity contribution in [1.29, 1.82) is 0 Å². The molecular formula is C18H21BrN2O3S. The zero-order valence-corrected chi connectivity index (χ0v) is 16.7. The smallest absolute Gasteiger partial charge is 0.243 e. The van der Waals surface area contributed by atoms with Crippen molar-refractivity contribution in [3.63, 3.8) is 0 Å². The number of carbonyl (C=O) groups excluding carboxylic acids is 1. The van der Waals surface area contributed by atoms with Crippen LogP contribution in [0.4, 0.5) is 11.4 Å². The fourth-order valence-electron chi connectivity index (χ4n) is 2.42. The van der Waals surface area contributed by atoms with Gasteiger partial charge in [0.15, 0.2) is 9.84 Å². The monoisotopic (exact) mass is 424 g/mol. The number of benzene rings is 2. The normalized spacial score (nSPS) is 11.4. The van der Waals surface area contributed by atoms with E-state index in [0.717, 1.165) is 17.5 Å². The van der Waals surface area contributed by atoms with E-state index in [1.807, 2.05) is 24.3 Å². The number of hydrogen-bond acceptors (Lipinski definition) is 4. The fourth-order valence-corrected chi connectivity index (χ4v) is 4.47. The maximum atomic E-state index is 12.2. The van der Waals surface area contributed by atoms with Crippen molar-refractivity contribution in [2.24, 2.45) is 0 Å². The Balaban J connectivity index is 2.09. The highest BCUT2D eigenvalue weighted by Gasteiger charge is 2.15. The summed E-state index contributed by atoms with van der Waals surface area (Å²) in [6.45, 7) is 4.16. The van der Waals surface area contributed by atoms with E-state index < -0.39 is 9.84 Å². The third-order valence-electron chi connectivity index (χ3n) is 3.66. The summed E-state index contributed by atoms with van der Waals surface area (Å²) in [6.07, 6.45) is 1.15. The van der Waals surface area contributed by atoms with Crippen LogP contribution in [0.2, 0.25) is 0 Å². The first-order valence-electron chi connectivity index (χ1n) is 7.81. The van der Waals surface area contributed by atoms with Crippen LogP contribution >= 0.6 is 15.9 Å². The molecule has 0 atom stereocenters. The summed E-state index contributed by atoms with van der Waals surface area (Å²) < 4.78 is 23.9. The molecule has 0 aliphatic heterocycles. The summed E-state index contributed by atoms with van der Waals surface area (Å²) in [6, 6.07) is 12.5.